The van der Waals surface area contributed by atoms with Gasteiger partial charge in [0.1, 0.15) is 17.3 Å². The van der Waals surface area contributed by atoms with Gasteiger partial charge in [-0.2, -0.15) is 0 Å². The largest absolute Gasteiger partial charge is 0.365 e. The van der Waals surface area contributed by atoms with Crippen molar-refractivity contribution >= 4 is 17.6 Å². The highest BCUT2D eigenvalue weighted by Gasteiger charge is 2.27. The van der Waals surface area contributed by atoms with Crippen LogP contribution in [0.4, 0.5) is 14.5 Å². The number of nitrogens with one attached hydrogen (secondary N) is 3. The summed E-state index contributed by atoms with van der Waals surface area (Å²) in [6.07, 6.45) is 0.737. The van der Waals surface area contributed by atoms with E-state index in [1.54, 1.807) is 25.1 Å². The van der Waals surface area contributed by atoms with Gasteiger partial charge < -0.3 is 20.9 Å². The number of rotatable bonds is 5. The van der Waals surface area contributed by atoms with Crippen LogP contribution in [0, 0.1) is 11.6 Å². The maximum absolute atomic E-state index is 14.0. The van der Waals surface area contributed by atoms with Gasteiger partial charge in [0.2, 0.25) is 0 Å². The number of hydrogen-bond acceptors (Lipinski definition) is 3. The molecule has 0 bridgehead atoms. The zero-order valence-electron chi connectivity index (χ0n) is 16.5. The van der Waals surface area contributed by atoms with Crippen LogP contribution in [0.2, 0.25) is 0 Å². The van der Waals surface area contributed by atoms with Crippen molar-refractivity contribution in [1.82, 2.24) is 16.0 Å². The van der Waals surface area contributed by atoms with E-state index in [1.165, 1.54) is 18.2 Å². The molecule has 1 unspecified atom stereocenters. The number of nitrogens with zero attached hydrogens (tertiary/aromatic N) is 2. The SMILES string of the molecule is CN=C(NCc1cccc(C(=O)NC)c1)NC1CCN(c2c(F)cccc2F)C1. The lowest BCUT2D eigenvalue weighted by Crippen LogP contribution is -2.44. The van der Waals surface area contributed by atoms with Crippen molar-refractivity contribution in [2.24, 2.45) is 4.99 Å². The van der Waals surface area contributed by atoms with Crippen LogP contribution >= 0.6 is 0 Å². The van der Waals surface area contributed by atoms with Crippen LogP contribution in [-0.4, -0.2) is 45.1 Å². The van der Waals surface area contributed by atoms with Gasteiger partial charge in [-0.05, 0) is 36.2 Å². The first-order chi connectivity index (χ1) is 14.0. The molecule has 2 aromatic carbocycles. The monoisotopic (exact) mass is 401 g/mol. The fourth-order valence-corrected chi connectivity index (χ4v) is 3.41. The number of halogens is 2. The average molecular weight is 401 g/mol. The second-order valence-corrected chi connectivity index (χ2v) is 6.85. The van der Waals surface area contributed by atoms with E-state index < -0.39 is 11.6 Å². The molecule has 1 amide bonds. The van der Waals surface area contributed by atoms with Crippen LogP contribution in [-0.2, 0) is 6.54 Å². The molecule has 3 N–H and O–H groups in total. The molecule has 154 valence electrons. The predicted molar refractivity (Wildman–Crippen MR) is 110 cm³/mol. The van der Waals surface area contributed by atoms with Crippen LogP contribution in [0.25, 0.3) is 0 Å². The second kappa shape index (κ2) is 9.36. The fourth-order valence-electron chi connectivity index (χ4n) is 3.41. The Morgan fingerprint density at radius 1 is 1.21 bits per heavy atom. The summed E-state index contributed by atoms with van der Waals surface area (Å²) in [7, 11) is 3.26. The minimum absolute atomic E-state index is 0.0115. The Labute approximate surface area is 169 Å². The molecule has 1 atom stereocenters. The van der Waals surface area contributed by atoms with Gasteiger partial charge in [-0.25, -0.2) is 8.78 Å². The molecule has 1 aliphatic rings. The third-order valence-electron chi connectivity index (χ3n) is 4.88. The fraction of sp³-hybridized carbons (Fsp3) is 0.333. The van der Waals surface area contributed by atoms with Crippen molar-refractivity contribution in [2.75, 3.05) is 32.1 Å². The van der Waals surface area contributed by atoms with E-state index in [2.05, 4.69) is 20.9 Å². The lowest BCUT2D eigenvalue weighted by atomic mass is 10.1. The maximum atomic E-state index is 14.0. The normalized spacial score (nSPS) is 16.6. The summed E-state index contributed by atoms with van der Waals surface area (Å²) in [4.78, 5) is 17.7. The zero-order chi connectivity index (χ0) is 20.8. The number of carbonyl (C=O) groups is 1. The van der Waals surface area contributed by atoms with Crippen molar-refractivity contribution < 1.29 is 13.6 Å². The standard InChI is InChI=1S/C21H25F2N5O/c1-24-20(29)15-6-3-5-14(11-15)12-26-21(25-2)27-16-9-10-28(13-16)19-17(22)7-4-8-18(19)23/h3-8,11,16H,9-10,12-13H2,1-2H3,(H,24,29)(H2,25,26,27). The predicted octanol–water partition coefficient (Wildman–Crippen LogP) is 2.27. The Balaban J connectivity index is 1.57. The van der Waals surface area contributed by atoms with Gasteiger partial charge in [-0.3, -0.25) is 9.79 Å². The number of anilines is 1. The molecule has 0 aliphatic carbocycles. The van der Waals surface area contributed by atoms with Crippen molar-refractivity contribution in [2.45, 2.75) is 19.0 Å². The molecule has 0 radical (unpaired) electrons. The highest BCUT2D eigenvalue weighted by molar-refractivity contribution is 5.94. The average Bonchev–Trinajstić information content (AvgIpc) is 3.18. The van der Waals surface area contributed by atoms with Gasteiger partial charge in [0.15, 0.2) is 5.96 Å². The quantitative estimate of drug-likeness (QED) is 0.531. The topological polar surface area (TPSA) is 68.8 Å². The first kappa shape index (κ1) is 20.6. The van der Waals surface area contributed by atoms with Crippen LogP contribution in [0.1, 0.15) is 22.3 Å². The van der Waals surface area contributed by atoms with E-state index in [0.29, 0.717) is 31.2 Å². The molecule has 1 heterocycles. The summed E-state index contributed by atoms with van der Waals surface area (Å²) in [6, 6.07) is 11.2. The van der Waals surface area contributed by atoms with Crippen molar-refractivity contribution in [3.8, 4) is 0 Å². The van der Waals surface area contributed by atoms with Gasteiger partial charge >= 0.3 is 0 Å². The van der Waals surface area contributed by atoms with Gasteiger partial charge in [-0.15, -0.1) is 0 Å². The Morgan fingerprint density at radius 3 is 2.62 bits per heavy atom. The molecular weight excluding hydrogens is 376 g/mol. The van der Waals surface area contributed by atoms with E-state index in [4.69, 9.17) is 0 Å². The Morgan fingerprint density at radius 2 is 1.93 bits per heavy atom. The lowest BCUT2D eigenvalue weighted by Gasteiger charge is -2.21. The van der Waals surface area contributed by atoms with Crippen LogP contribution in [0.3, 0.4) is 0 Å². The van der Waals surface area contributed by atoms with E-state index in [1.807, 2.05) is 18.2 Å². The number of benzene rings is 2. The third kappa shape index (κ3) is 5.01. The van der Waals surface area contributed by atoms with Gasteiger partial charge in [0, 0.05) is 45.3 Å². The van der Waals surface area contributed by atoms with Gasteiger partial charge in [-0.1, -0.05) is 18.2 Å². The number of carbonyl (C=O) groups excluding carboxylic acids is 1. The summed E-state index contributed by atoms with van der Waals surface area (Å²) >= 11 is 0. The molecule has 6 nitrogen and oxygen atoms in total. The molecular formula is C21H25F2N5O. The molecule has 1 saturated heterocycles. The van der Waals surface area contributed by atoms with E-state index in [0.717, 1.165) is 12.0 Å². The number of aliphatic imine (C=N–C) groups is 1. The number of hydrogen-bond donors (Lipinski definition) is 3. The number of amides is 1. The second-order valence-electron chi connectivity index (χ2n) is 6.85. The molecule has 8 heteroatoms. The van der Waals surface area contributed by atoms with Gasteiger partial charge in [0.25, 0.3) is 5.91 Å². The van der Waals surface area contributed by atoms with Gasteiger partial charge in [0.05, 0.1) is 0 Å². The van der Waals surface area contributed by atoms with Crippen LogP contribution in [0.5, 0.6) is 0 Å². The Hall–Kier alpha value is -3.16. The third-order valence-corrected chi connectivity index (χ3v) is 4.88. The molecule has 1 aliphatic heterocycles. The number of guanidine groups is 1. The first-order valence-corrected chi connectivity index (χ1v) is 9.49. The lowest BCUT2D eigenvalue weighted by molar-refractivity contribution is 0.0963. The molecule has 3 rings (SSSR count). The Kier molecular flexibility index (Phi) is 6.64. The summed E-state index contributed by atoms with van der Waals surface area (Å²) < 4.78 is 28.0. The zero-order valence-corrected chi connectivity index (χ0v) is 16.5. The Bertz CT molecular complexity index is 882. The highest BCUT2D eigenvalue weighted by Crippen LogP contribution is 2.26. The maximum Gasteiger partial charge on any atom is 0.251 e. The van der Waals surface area contributed by atoms with E-state index in [-0.39, 0.29) is 17.6 Å². The van der Waals surface area contributed by atoms with Crippen molar-refractivity contribution in [3.63, 3.8) is 0 Å². The molecule has 0 spiro atoms. The van der Waals surface area contributed by atoms with Crippen LogP contribution in [0.15, 0.2) is 47.5 Å². The molecule has 2 aromatic rings. The molecule has 0 saturated carbocycles. The van der Waals surface area contributed by atoms with E-state index in [9.17, 15) is 13.6 Å². The minimum Gasteiger partial charge on any atom is -0.365 e. The molecule has 29 heavy (non-hydrogen) atoms. The number of para-hydroxylation sites is 1. The summed E-state index contributed by atoms with van der Waals surface area (Å²) in [5, 5.41) is 9.12. The highest BCUT2D eigenvalue weighted by atomic mass is 19.1. The summed E-state index contributed by atoms with van der Waals surface area (Å²) in [5.41, 5.74) is 1.55. The smallest absolute Gasteiger partial charge is 0.251 e. The minimum atomic E-state index is -0.552. The van der Waals surface area contributed by atoms with E-state index >= 15 is 0 Å². The summed E-state index contributed by atoms with van der Waals surface area (Å²) in [6.45, 7) is 1.52. The van der Waals surface area contributed by atoms with Crippen LogP contribution < -0.4 is 20.9 Å². The molecule has 1 fully saturated rings. The van der Waals surface area contributed by atoms with Crippen molar-refractivity contribution in [1.29, 1.82) is 0 Å². The first-order valence-electron chi connectivity index (χ1n) is 9.49. The van der Waals surface area contributed by atoms with Crippen molar-refractivity contribution in [3.05, 3.63) is 65.2 Å². The molecule has 0 aromatic heterocycles. The summed E-state index contributed by atoms with van der Waals surface area (Å²) in [5.74, 6) is -0.648.